The zero-order chi connectivity index (χ0) is 13.1. The summed E-state index contributed by atoms with van der Waals surface area (Å²) in [5.41, 5.74) is 3.90. The van der Waals surface area contributed by atoms with Crippen molar-refractivity contribution in [1.82, 2.24) is 0 Å². The molecule has 2 heteroatoms. The summed E-state index contributed by atoms with van der Waals surface area (Å²) in [6.07, 6.45) is 1.68. The highest BCUT2D eigenvalue weighted by Gasteiger charge is 2.12. The van der Waals surface area contributed by atoms with E-state index in [1.807, 2.05) is 25.1 Å². The Balaban J connectivity index is 2.63. The smallest absolute Gasteiger partial charge is 0.126 e. The highest BCUT2D eigenvalue weighted by molar-refractivity contribution is 5.75. The van der Waals surface area contributed by atoms with Crippen LogP contribution in [0.15, 0.2) is 36.4 Å². The van der Waals surface area contributed by atoms with E-state index in [9.17, 15) is 10.2 Å². The predicted octanol–water partition coefficient (Wildman–Crippen LogP) is 3.89. The van der Waals surface area contributed by atoms with Gasteiger partial charge in [0.15, 0.2) is 0 Å². The summed E-state index contributed by atoms with van der Waals surface area (Å²) in [4.78, 5) is 0. The third-order valence-corrected chi connectivity index (χ3v) is 3.27. The molecule has 0 aliphatic heterocycles. The predicted molar refractivity (Wildman–Crippen MR) is 74.0 cm³/mol. The van der Waals surface area contributed by atoms with Gasteiger partial charge in [0.1, 0.15) is 11.5 Å². The van der Waals surface area contributed by atoms with E-state index in [2.05, 4.69) is 13.0 Å². The molecule has 0 spiro atoms. The van der Waals surface area contributed by atoms with E-state index in [0.29, 0.717) is 5.75 Å². The number of hydrogen-bond donors (Lipinski definition) is 2. The standard InChI is InChI=1S/C16H18O2/c1-3-11-5-6-12(4-2)16(18)15(11)13-7-9-14(17)10-8-13/h5-10,17-18H,3-4H2,1-2H3. The highest BCUT2D eigenvalue weighted by atomic mass is 16.3. The van der Waals surface area contributed by atoms with E-state index in [-0.39, 0.29) is 5.75 Å². The van der Waals surface area contributed by atoms with Crippen molar-refractivity contribution in [3.8, 4) is 22.6 Å². The summed E-state index contributed by atoms with van der Waals surface area (Å²) >= 11 is 0. The Morgan fingerprint density at radius 1 is 0.778 bits per heavy atom. The Labute approximate surface area is 108 Å². The molecule has 0 fully saturated rings. The van der Waals surface area contributed by atoms with Gasteiger partial charge in [0.05, 0.1) is 0 Å². The highest BCUT2D eigenvalue weighted by Crippen LogP contribution is 2.36. The summed E-state index contributed by atoms with van der Waals surface area (Å²) in [5.74, 6) is 0.602. The van der Waals surface area contributed by atoms with Gasteiger partial charge in [-0.25, -0.2) is 0 Å². The molecule has 0 bridgehead atoms. The van der Waals surface area contributed by atoms with E-state index >= 15 is 0 Å². The van der Waals surface area contributed by atoms with E-state index in [1.165, 1.54) is 0 Å². The van der Waals surface area contributed by atoms with Crippen LogP contribution in [0.1, 0.15) is 25.0 Å². The van der Waals surface area contributed by atoms with Crippen molar-refractivity contribution in [2.45, 2.75) is 26.7 Å². The van der Waals surface area contributed by atoms with Crippen molar-refractivity contribution in [2.24, 2.45) is 0 Å². The molecular weight excluding hydrogens is 224 g/mol. The van der Waals surface area contributed by atoms with Gasteiger partial charge in [-0.1, -0.05) is 38.1 Å². The molecule has 2 rings (SSSR count). The first kappa shape index (κ1) is 12.5. The van der Waals surface area contributed by atoms with Gasteiger partial charge in [-0.05, 0) is 41.7 Å². The van der Waals surface area contributed by atoms with Crippen LogP contribution in [0.4, 0.5) is 0 Å². The number of rotatable bonds is 3. The Kier molecular flexibility index (Phi) is 3.56. The molecule has 0 aromatic heterocycles. The Morgan fingerprint density at radius 3 is 1.89 bits per heavy atom. The maximum atomic E-state index is 10.4. The number of benzene rings is 2. The van der Waals surface area contributed by atoms with Gasteiger partial charge in [0.25, 0.3) is 0 Å². The van der Waals surface area contributed by atoms with Crippen molar-refractivity contribution < 1.29 is 10.2 Å². The van der Waals surface area contributed by atoms with Crippen LogP contribution in [-0.4, -0.2) is 10.2 Å². The van der Waals surface area contributed by atoms with Crippen LogP contribution in [0.25, 0.3) is 11.1 Å². The van der Waals surface area contributed by atoms with Crippen molar-refractivity contribution in [1.29, 1.82) is 0 Å². The first-order valence-electron chi connectivity index (χ1n) is 6.30. The summed E-state index contributed by atoms with van der Waals surface area (Å²) in [5, 5.41) is 19.7. The molecule has 0 unspecified atom stereocenters. The van der Waals surface area contributed by atoms with Crippen molar-refractivity contribution in [2.75, 3.05) is 0 Å². The van der Waals surface area contributed by atoms with Crippen molar-refractivity contribution in [3.63, 3.8) is 0 Å². The second-order valence-corrected chi connectivity index (χ2v) is 4.36. The first-order valence-corrected chi connectivity index (χ1v) is 6.30. The zero-order valence-corrected chi connectivity index (χ0v) is 10.8. The summed E-state index contributed by atoms with van der Waals surface area (Å²) in [7, 11) is 0. The average molecular weight is 242 g/mol. The molecule has 0 aliphatic rings. The van der Waals surface area contributed by atoms with Crippen LogP contribution in [-0.2, 0) is 12.8 Å². The number of aromatic hydroxyl groups is 2. The van der Waals surface area contributed by atoms with Crippen LogP contribution in [0.2, 0.25) is 0 Å². The molecule has 0 amide bonds. The molecule has 2 N–H and O–H groups in total. The summed E-state index contributed by atoms with van der Waals surface area (Å²) < 4.78 is 0. The molecule has 0 saturated carbocycles. The maximum absolute atomic E-state index is 10.4. The molecule has 0 atom stereocenters. The quantitative estimate of drug-likeness (QED) is 0.857. The molecule has 2 aromatic carbocycles. The molecule has 18 heavy (non-hydrogen) atoms. The van der Waals surface area contributed by atoms with E-state index in [4.69, 9.17) is 0 Å². The maximum Gasteiger partial charge on any atom is 0.126 e. The molecule has 2 aromatic rings. The lowest BCUT2D eigenvalue weighted by molar-refractivity contribution is 0.469. The molecular formula is C16H18O2. The minimum Gasteiger partial charge on any atom is -0.508 e. The SMILES string of the molecule is CCc1ccc(CC)c(-c2ccc(O)cc2)c1O. The van der Waals surface area contributed by atoms with Gasteiger partial charge in [-0.15, -0.1) is 0 Å². The molecule has 0 aliphatic carbocycles. The number of hydrogen-bond acceptors (Lipinski definition) is 2. The Hall–Kier alpha value is -1.96. The number of phenolic OH excluding ortho intramolecular Hbond substituents is 2. The molecule has 2 nitrogen and oxygen atoms in total. The van der Waals surface area contributed by atoms with Gasteiger partial charge >= 0.3 is 0 Å². The average Bonchev–Trinajstić information content (AvgIpc) is 2.39. The third kappa shape index (κ3) is 2.19. The lowest BCUT2D eigenvalue weighted by Gasteiger charge is -2.13. The Morgan fingerprint density at radius 2 is 1.33 bits per heavy atom. The van der Waals surface area contributed by atoms with Crippen LogP contribution >= 0.6 is 0 Å². The molecule has 0 radical (unpaired) electrons. The lowest BCUT2D eigenvalue weighted by atomic mass is 9.93. The summed E-state index contributed by atoms with van der Waals surface area (Å²) in [6, 6.07) is 11.0. The zero-order valence-electron chi connectivity index (χ0n) is 10.8. The van der Waals surface area contributed by atoms with Gasteiger partial charge in [-0.2, -0.15) is 0 Å². The van der Waals surface area contributed by atoms with Gasteiger partial charge in [-0.3, -0.25) is 0 Å². The second kappa shape index (κ2) is 5.13. The number of phenols is 2. The van der Waals surface area contributed by atoms with Crippen LogP contribution in [0, 0.1) is 0 Å². The molecule has 0 heterocycles. The van der Waals surface area contributed by atoms with Crippen molar-refractivity contribution in [3.05, 3.63) is 47.5 Å². The molecule has 0 saturated heterocycles. The van der Waals surface area contributed by atoms with E-state index < -0.39 is 0 Å². The first-order chi connectivity index (χ1) is 8.67. The molecule has 94 valence electrons. The monoisotopic (exact) mass is 242 g/mol. The largest absolute Gasteiger partial charge is 0.508 e. The summed E-state index contributed by atoms with van der Waals surface area (Å²) in [6.45, 7) is 4.10. The Bertz CT molecular complexity index is 542. The van der Waals surface area contributed by atoms with Gasteiger partial charge in [0.2, 0.25) is 0 Å². The minimum absolute atomic E-state index is 0.239. The minimum atomic E-state index is 0.239. The fourth-order valence-electron chi connectivity index (χ4n) is 2.21. The lowest BCUT2D eigenvalue weighted by Crippen LogP contribution is -1.92. The van der Waals surface area contributed by atoms with Gasteiger partial charge in [0, 0.05) is 5.56 Å². The fraction of sp³-hybridized carbons (Fsp3) is 0.250. The van der Waals surface area contributed by atoms with Crippen LogP contribution in [0.5, 0.6) is 11.5 Å². The van der Waals surface area contributed by atoms with E-state index in [1.54, 1.807) is 12.1 Å². The van der Waals surface area contributed by atoms with Gasteiger partial charge < -0.3 is 10.2 Å². The number of aryl methyl sites for hydroxylation is 2. The van der Waals surface area contributed by atoms with Crippen LogP contribution < -0.4 is 0 Å². The normalized spacial score (nSPS) is 10.6. The topological polar surface area (TPSA) is 40.5 Å². The van der Waals surface area contributed by atoms with E-state index in [0.717, 1.165) is 35.1 Å². The third-order valence-electron chi connectivity index (χ3n) is 3.27. The second-order valence-electron chi connectivity index (χ2n) is 4.36. The van der Waals surface area contributed by atoms with Crippen LogP contribution in [0.3, 0.4) is 0 Å². The van der Waals surface area contributed by atoms with Crippen molar-refractivity contribution >= 4 is 0 Å². The fourth-order valence-corrected chi connectivity index (χ4v) is 2.21.